The maximum atomic E-state index is 10.9. The molecule has 8 heteroatoms. The molecule has 8 nitrogen and oxygen atoms in total. The van der Waals surface area contributed by atoms with E-state index in [1.165, 1.54) is 12.8 Å². The number of nitro groups is 1. The van der Waals surface area contributed by atoms with E-state index in [1.54, 1.807) is 18.2 Å². The fourth-order valence-corrected chi connectivity index (χ4v) is 3.20. The minimum atomic E-state index is -0.342. The van der Waals surface area contributed by atoms with Gasteiger partial charge in [0.25, 0.3) is 5.69 Å². The highest BCUT2D eigenvalue weighted by atomic mass is 16.6. The minimum Gasteiger partial charge on any atom is -0.344 e. The Labute approximate surface area is 167 Å². The van der Waals surface area contributed by atoms with Crippen LogP contribution in [0.25, 0.3) is 0 Å². The number of non-ortho nitro benzene ring substituents is 1. The molecule has 0 amide bonds. The second-order valence-corrected chi connectivity index (χ2v) is 7.11. The standard InChI is InChI=1S/C20H34N6O2/c21-10-4-13-22-11-1-2-12-23-14-5-15-24-20-7-3-6-17-16-18(26(27)28)8-9-19(17)25-20/h8-9,16,22-23H,1-7,10-15,21H2,(H,24,25). The molecule has 28 heavy (non-hydrogen) atoms. The van der Waals surface area contributed by atoms with Crippen LogP contribution in [0.4, 0.5) is 11.4 Å². The quantitative estimate of drug-likeness (QED) is 0.233. The lowest BCUT2D eigenvalue weighted by atomic mass is 10.1. The average molecular weight is 391 g/mol. The highest BCUT2D eigenvalue weighted by molar-refractivity contribution is 5.96. The molecule has 0 spiro atoms. The molecule has 1 aliphatic rings. The monoisotopic (exact) mass is 390 g/mol. The molecule has 156 valence electrons. The third kappa shape index (κ3) is 8.33. The van der Waals surface area contributed by atoms with Gasteiger partial charge in [0.15, 0.2) is 0 Å². The van der Waals surface area contributed by atoms with Crippen molar-refractivity contribution in [2.24, 2.45) is 10.7 Å². The van der Waals surface area contributed by atoms with Gasteiger partial charge in [-0.15, -0.1) is 0 Å². The van der Waals surface area contributed by atoms with Crippen LogP contribution < -0.4 is 21.7 Å². The molecule has 0 bridgehead atoms. The van der Waals surface area contributed by atoms with Crippen LogP contribution in [0, 0.1) is 10.1 Å². The summed E-state index contributed by atoms with van der Waals surface area (Å²) < 4.78 is 0. The number of rotatable bonds is 13. The number of nitrogens with one attached hydrogen (secondary N) is 3. The zero-order valence-corrected chi connectivity index (χ0v) is 16.7. The first-order valence-electron chi connectivity index (χ1n) is 10.4. The molecule has 1 aromatic carbocycles. The molecule has 1 heterocycles. The van der Waals surface area contributed by atoms with Crippen LogP contribution >= 0.6 is 0 Å². The molecule has 0 aromatic heterocycles. The van der Waals surface area contributed by atoms with Crippen molar-refractivity contribution in [2.45, 2.75) is 44.9 Å². The van der Waals surface area contributed by atoms with Crippen LogP contribution in [0.15, 0.2) is 23.2 Å². The van der Waals surface area contributed by atoms with E-state index in [-0.39, 0.29) is 10.6 Å². The molecule has 5 N–H and O–H groups in total. The van der Waals surface area contributed by atoms with Crippen molar-refractivity contribution >= 4 is 17.2 Å². The van der Waals surface area contributed by atoms with E-state index in [4.69, 9.17) is 5.73 Å². The van der Waals surface area contributed by atoms with Crippen molar-refractivity contribution in [3.63, 3.8) is 0 Å². The number of hydrogen-bond acceptors (Lipinski definition) is 6. The molecular weight excluding hydrogens is 356 g/mol. The maximum Gasteiger partial charge on any atom is 0.269 e. The molecule has 0 fully saturated rings. The molecule has 0 saturated heterocycles. The summed E-state index contributed by atoms with van der Waals surface area (Å²) >= 11 is 0. The largest absolute Gasteiger partial charge is 0.344 e. The number of aryl methyl sites for hydroxylation is 1. The van der Waals surface area contributed by atoms with Crippen molar-refractivity contribution < 1.29 is 4.92 Å². The third-order valence-corrected chi connectivity index (χ3v) is 4.77. The number of amidine groups is 1. The van der Waals surface area contributed by atoms with Gasteiger partial charge in [0.05, 0.1) is 4.92 Å². The van der Waals surface area contributed by atoms with Gasteiger partial charge < -0.3 is 21.7 Å². The number of benzene rings is 1. The number of hydrogen-bond donors (Lipinski definition) is 4. The number of nitrogens with zero attached hydrogens (tertiary/aromatic N) is 2. The first-order valence-corrected chi connectivity index (χ1v) is 10.4. The Bertz CT molecular complexity index is 635. The summed E-state index contributed by atoms with van der Waals surface area (Å²) in [6, 6.07) is 5.01. The van der Waals surface area contributed by atoms with Gasteiger partial charge in [-0.25, -0.2) is 0 Å². The number of fused-ring (bicyclic) bond motifs is 1. The Hall–Kier alpha value is -2.03. The van der Waals surface area contributed by atoms with Crippen molar-refractivity contribution in [1.29, 1.82) is 0 Å². The zero-order chi connectivity index (χ0) is 20.0. The van der Waals surface area contributed by atoms with E-state index in [0.29, 0.717) is 0 Å². The SMILES string of the molecule is NCCCNCCCCNCCCN=C1CCCc2cc([N+](=O)[O-])ccc2N1. The number of aliphatic imine (C=N–C) groups is 1. The van der Waals surface area contributed by atoms with Gasteiger partial charge in [-0.2, -0.15) is 0 Å². The second-order valence-electron chi connectivity index (χ2n) is 7.11. The second kappa shape index (κ2) is 13.2. The van der Waals surface area contributed by atoms with E-state index in [9.17, 15) is 10.1 Å². The molecule has 1 aliphatic heterocycles. The lowest BCUT2D eigenvalue weighted by Crippen LogP contribution is -2.22. The first kappa shape index (κ1) is 22.3. The maximum absolute atomic E-state index is 10.9. The van der Waals surface area contributed by atoms with Crippen LogP contribution in [0.3, 0.4) is 0 Å². The highest BCUT2D eigenvalue weighted by Crippen LogP contribution is 2.26. The number of anilines is 1. The number of unbranched alkanes of at least 4 members (excludes halogenated alkanes) is 1. The minimum absolute atomic E-state index is 0.151. The smallest absolute Gasteiger partial charge is 0.269 e. The van der Waals surface area contributed by atoms with Crippen molar-refractivity contribution in [3.05, 3.63) is 33.9 Å². The van der Waals surface area contributed by atoms with Gasteiger partial charge in [0.2, 0.25) is 0 Å². The molecule has 0 unspecified atom stereocenters. The summed E-state index contributed by atoms with van der Waals surface area (Å²) in [5.41, 5.74) is 7.55. The van der Waals surface area contributed by atoms with Crippen LogP contribution in [-0.4, -0.2) is 50.0 Å². The Kier molecular flexibility index (Phi) is 10.5. The summed E-state index contributed by atoms with van der Waals surface area (Å²) in [5, 5.41) is 21.1. The van der Waals surface area contributed by atoms with E-state index in [1.807, 2.05) is 0 Å². The topological polar surface area (TPSA) is 118 Å². The van der Waals surface area contributed by atoms with Gasteiger partial charge in [-0.3, -0.25) is 15.1 Å². The molecule has 0 saturated carbocycles. The van der Waals surface area contributed by atoms with E-state index in [0.717, 1.165) is 88.5 Å². The normalized spacial score (nSPS) is 15.1. The number of nitrogens with two attached hydrogens (primary N) is 1. The molecule has 0 atom stereocenters. The van der Waals surface area contributed by atoms with Gasteiger partial charge in [-0.05, 0) is 82.9 Å². The molecule has 0 aliphatic carbocycles. The van der Waals surface area contributed by atoms with Crippen LogP contribution in [0.5, 0.6) is 0 Å². The van der Waals surface area contributed by atoms with Crippen LogP contribution in [0.2, 0.25) is 0 Å². The Morgan fingerprint density at radius 3 is 2.50 bits per heavy atom. The van der Waals surface area contributed by atoms with E-state index in [2.05, 4.69) is 20.9 Å². The Morgan fingerprint density at radius 2 is 1.79 bits per heavy atom. The fourth-order valence-electron chi connectivity index (χ4n) is 3.20. The summed E-state index contributed by atoms with van der Waals surface area (Å²) in [7, 11) is 0. The third-order valence-electron chi connectivity index (χ3n) is 4.77. The van der Waals surface area contributed by atoms with E-state index < -0.39 is 0 Å². The molecule has 2 rings (SSSR count). The zero-order valence-electron chi connectivity index (χ0n) is 16.7. The lowest BCUT2D eigenvalue weighted by Gasteiger charge is -2.09. The predicted octanol–water partition coefficient (Wildman–Crippen LogP) is 2.44. The predicted molar refractivity (Wildman–Crippen MR) is 115 cm³/mol. The van der Waals surface area contributed by atoms with E-state index >= 15 is 0 Å². The van der Waals surface area contributed by atoms with Crippen molar-refractivity contribution in [1.82, 2.24) is 10.6 Å². The first-order chi connectivity index (χ1) is 13.7. The van der Waals surface area contributed by atoms with Gasteiger partial charge in [-0.1, -0.05) is 0 Å². The van der Waals surface area contributed by atoms with Crippen molar-refractivity contribution in [3.8, 4) is 0 Å². The van der Waals surface area contributed by atoms with Crippen molar-refractivity contribution in [2.75, 3.05) is 44.6 Å². The summed E-state index contributed by atoms with van der Waals surface area (Å²) in [4.78, 5) is 15.3. The average Bonchev–Trinajstić information content (AvgIpc) is 2.90. The highest BCUT2D eigenvalue weighted by Gasteiger charge is 2.15. The summed E-state index contributed by atoms with van der Waals surface area (Å²) in [6.07, 6.45) is 7.08. The van der Waals surface area contributed by atoms with Gasteiger partial charge >= 0.3 is 0 Å². The van der Waals surface area contributed by atoms with Crippen LogP contribution in [0.1, 0.15) is 44.1 Å². The summed E-state index contributed by atoms with van der Waals surface area (Å²) in [6.45, 7) is 5.63. The van der Waals surface area contributed by atoms with Crippen LogP contribution in [-0.2, 0) is 6.42 Å². The Morgan fingerprint density at radius 1 is 1.07 bits per heavy atom. The Balaban J connectivity index is 1.59. The lowest BCUT2D eigenvalue weighted by molar-refractivity contribution is -0.384. The van der Waals surface area contributed by atoms with Gasteiger partial charge in [0, 0.05) is 30.8 Å². The molecule has 0 radical (unpaired) electrons. The molecular formula is C20H34N6O2. The fraction of sp³-hybridized carbons (Fsp3) is 0.650. The van der Waals surface area contributed by atoms with Gasteiger partial charge in [0.1, 0.15) is 5.84 Å². The number of nitro benzene ring substituents is 1. The molecule has 1 aromatic rings. The summed E-state index contributed by atoms with van der Waals surface area (Å²) in [5.74, 6) is 0.983.